The van der Waals surface area contributed by atoms with Gasteiger partial charge in [-0.25, -0.2) is 8.42 Å². The average molecular weight is 271 g/mol. The van der Waals surface area contributed by atoms with Crippen molar-refractivity contribution in [2.45, 2.75) is 17.9 Å². The average Bonchev–Trinajstić information content (AvgIpc) is 2.64. The highest BCUT2D eigenvalue weighted by atomic mass is 32.2. The molecule has 17 heavy (non-hydrogen) atoms. The Morgan fingerprint density at radius 2 is 2.00 bits per heavy atom. The minimum Gasteiger partial charge on any atom is -0.380 e. The topological polar surface area (TPSA) is 46.2 Å². The molecule has 2 rings (SSSR count). The molecule has 1 aliphatic rings. The number of nitrogens with one attached hydrogen (secondary N) is 1. The SMILES string of the molecule is CC1CSCC1Nc1ccccc1S(C)(=O)=O. The Hall–Kier alpha value is -0.680. The number of thioether (sulfide) groups is 1. The zero-order valence-electron chi connectivity index (χ0n) is 10.0. The van der Waals surface area contributed by atoms with Gasteiger partial charge in [-0.3, -0.25) is 0 Å². The normalized spacial score (nSPS) is 24.8. The zero-order valence-corrected chi connectivity index (χ0v) is 11.6. The molecule has 1 aromatic carbocycles. The maximum absolute atomic E-state index is 11.7. The lowest BCUT2D eigenvalue weighted by atomic mass is 10.1. The molecule has 1 fully saturated rings. The van der Waals surface area contributed by atoms with Crippen molar-refractivity contribution in [1.82, 2.24) is 0 Å². The molecule has 1 aromatic rings. The summed E-state index contributed by atoms with van der Waals surface area (Å²) in [6.07, 6.45) is 1.25. The third-order valence-corrected chi connectivity index (χ3v) is 5.50. The fourth-order valence-electron chi connectivity index (χ4n) is 1.95. The molecule has 1 heterocycles. The number of anilines is 1. The Morgan fingerprint density at radius 3 is 2.59 bits per heavy atom. The van der Waals surface area contributed by atoms with Crippen LogP contribution in [0.2, 0.25) is 0 Å². The van der Waals surface area contributed by atoms with Gasteiger partial charge in [-0.15, -0.1) is 0 Å². The Morgan fingerprint density at radius 1 is 1.29 bits per heavy atom. The van der Waals surface area contributed by atoms with E-state index in [-0.39, 0.29) is 0 Å². The van der Waals surface area contributed by atoms with E-state index >= 15 is 0 Å². The minimum atomic E-state index is -3.16. The van der Waals surface area contributed by atoms with Gasteiger partial charge in [-0.1, -0.05) is 19.1 Å². The standard InChI is InChI=1S/C12H17NO2S2/c1-9-7-16-8-11(9)13-10-5-3-4-6-12(10)17(2,14)15/h3-6,9,11,13H,7-8H2,1-2H3. The Bertz CT molecular complexity index is 499. The fraction of sp³-hybridized carbons (Fsp3) is 0.500. The molecule has 1 aliphatic heterocycles. The van der Waals surface area contributed by atoms with Gasteiger partial charge in [0, 0.05) is 18.1 Å². The van der Waals surface area contributed by atoms with Crippen LogP contribution in [0.15, 0.2) is 29.2 Å². The molecule has 0 saturated carbocycles. The van der Waals surface area contributed by atoms with Gasteiger partial charge >= 0.3 is 0 Å². The number of hydrogen-bond acceptors (Lipinski definition) is 4. The number of rotatable bonds is 3. The van der Waals surface area contributed by atoms with Gasteiger partial charge in [0.05, 0.1) is 10.6 Å². The van der Waals surface area contributed by atoms with Crippen LogP contribution in [0, 0.1) is 5.92 Å². The molecule has 2 atom stereocenters. The van der Waals surface area contributed by atoms with Gasteiger partial charge in [0.1, 0.15) is 0 Å². The maximum atomic E-state index is 11.7. The Balaban J connectivity index is 2.27. The molecule has 0 spiro atoms. The summed E-state index contributed by atoms with van der Waals surface area (Å²) in [6, 6.07) is 7.48. The third kappa shape index (κ3) is 2.96. The second-order valence-corrected chi connectivity index (χ2v) is 7.59. The smallest absolute Gasteiger partial charge is 0.177 e. The van der Waals surface area contributed by atoms with E-state index in [1.807, 2.05) is 23.9 Å². The van der Waals surface area contributed by atoms with Crippen molar-refractivity contribution in [3.63, 3.8) is 0 Å². The van der Waals surface area contributed by atoms with E-state index in [0.29, 0.717) is 16.9 Å². The molecule has 0 radical (unpaired) electrons. The predicted octanol–water partition coefficient (Wildman–Crippen LogP) is 2.25. The molecule has 1 saturated heterocycles. The second kappa shape index (κ2) is 4.90. The van der Waals surface area contributed by atoms with Crippen molar-refractivity contribution < 1.29 is 8.42 Å². The summed E-state index contributed by atoms with van der Waals surface area (Å²) in [7, 11) is -3.16. The monoisotopic (exact) mass is 271 g/mol. The third-order valence-electron chi connectivity index (χ3n) is 2.99. The lowest BCUT2D eigenvalue weighted by molar-refractivity contribution is 0.593. The van der Waals surface area contributed by atoms with E-state index < -0.39 is 9.84 Å². The van der Waals surface area contributed by atoms with Crippen LogP contribution in [-0.4, -0.2) is 32.2 Å². The van der Waals surface area contributed by atoms with Gasteiger partial charge < -0.3 is 5.32 Å². The fourth-order valence-corrected chi connectivity index (χ4v) is 4.21. The lowest BCUT2D eigenvalue weighted by Crippen LogP contribution is -2.26. The van der Waals surface area contributed by atoms with E-state index in [2.05, 4.69) is 12.2 Å². The van der Waals surface area contributed by atoms with Crippen LogP contribution in [0.25, 0.3) is 0 Å². The molecule has 2 unspecified atom stereocenters. The first-order valence-corrected chi connectivity index (χ1v) is 8.66. The summed E-state index contributed by atoms with van der Waals surface area (Å²) in [6.45, 7) is 2.20. The number of hydrogen-bond donors (Lipinski definition) is 1. The van der Waals surface area contributed by atoms with Gasteiger partial charge in [0.2, 0.25) is 0 Å². The van der Waals surface area contributed by atoms with E-state index in [1.54, 1.807) is 12.1 Å². The van der Waals surface area contributed by atoms with Crippen LogP contribution in [0.5, 0.6) is 0 Å². The Kier molecular flexibility index (Phi) is 3.68. The molecule has 0 aliphatic carbocycles. The van der Waals surface area contributed by atoms with Gasteiger partial charge in [-0.05, 0) is 23.8 Å². The first kappa shape index (κ1) is 12.8. The predicted molar refractivity (Wildman–Crippen MR) is 73.5 cm³/mol. The lowest BCUT2D eigenvalue weighted by Gasteiger charge is -2.19. The quantitative estimate of drug-likeness (QED) is 0.916. The van der Waals surface area contributed by atoms with Crippen LogP contribution in [0.4, 0.5) is 5.69 Å². The first-order valence-electron chi connectivity index (χ1n) is 5.62. The molecular weight excluding hydrogens is 254 g/mol. The maximum Gasteiger partial charge on any atom is 0.177 e. The number of benzene rings is 1. The highest BCUT2D eigenvalue weighted by Gasteiger charge is 2.25. The summed E-state index contributed by atoms with van der Waals surface area (Å²) in [5, 5.41) is 3.37. The van der Waals surface area contributed by atoms with Crippen LogP contribution in [0.3, 0.4) is 0 Å². The highest BCUT2D eigenvalue weighted by Crippen LogP contribution is 2.29. The zero-order chi connectivity index (χ0) is 12.5. The summed E-state index contributed by atoms with van der Waals surface area (Å²) < 4.78 is 23.3. The highest BCUT2D eigenvalue weighted by molar-refractivity contribution is 7.99. The van der Waals surface area contributed by atoms with E-state index in [4.69, 9.17) is 0 Å². The molecule has 5 heteroatoms. The van der Waals surface area contributed by atoms with Gasteiger partial charge in [0.25, 0.3) is 0 Å². The van der Waals surface area contributed by atoms with Crippen molar-refractivity contribution in [2.24, 2.45) is 5.92 Å². The molecule has 94 valence electrons. The van der Waals surface area contributed by atoms with Crippen molar-refractivity contribution in [1.29, 1.82) is 0 Å². The molecule has 0 aromatic heterocycles. The Labute approximate surface area is 107 Å². The van der Waals surface area contributed by atoms with Crippen molar-refractivity contribution in [3.8, 4) is 0 Å². The van der Waals surface area contributed by atoms with Crippen molar-refractivity contribution in [3.05, 3.63) is 24.3 Å². The number of para-hydroxylation sites is 1. The van der Waals surface area contributed by atoms with E-state index in [9.17, 15) is 8.42 Å². The van der Waals surface area contributed by atoms with Gasteiger partial charge in [0.15, 0.2) is 9.84 Å². The molecular formula is C12H17NO2S2. The van der Waals surface area contributed by atoms with E-state index in [0.717, 1.165) is 17.2 Å². The minimum absolute atomic E-state index is 0.364. The van der Waals surface area contributed by atoms with Crippen molar-refractivity contribution >= 4 is 27.3 Å². The summed E-state index contributed by atoms with van der Waals surface area (Å²) in [4.78, 5) is 0.393. The van der Waals surface area contributed by atoms with Crippen LogP contribution in [0.1, 0.15) is 6.92 Å². The largest absolute Gasteiger partial charge is 0.380 e. The van der Waals surface area contributed by atoms with Crippen LogP contribution >= 0.6 is 11.8 Å². The second-order valence-electron chi connectivity index (χ2n) is 4.53. The molecule has 1 N–H and O–H groups in total. The summed E-state index contributed by atoms with van der Waals surface area (Å²) >= 11 is 1.91. The van der Waals surface area contributed by atoms with Crippen LogP contribution in [-0.2, 0) is 9.84 Å². The van der Waals surface area contributed by atoms with Crippen molar-refractivity contribution in [2.75, 3.05) is 23.1 Å². The van der Waals surface area contributed by atoms with E-state index in [1.165, 1.54) is 6.26 Å². The number of sulfone groups is 1. The van der Waals surface area contributed by atoms with Crippen LogP contribution < -0.4 is 5.32 Å². The summed E-state index contributed by atoms with van der Waals surface area (Å²) in [5.74, 6) is 2.76. The molecule has 3 nitrogen and oxygen atoms in total. The molecule has 0 amide bonds. The summed E-state index contributed by atoms with van der Waals surface area (Å²) in [5.41, 5.74) is 0.731. The molecule has 0 bridgehead atoms. The van der Waals surface area contributed by atoms with Gasteiger partial charge in [-0.2, -0.15) is 11.8 Å². The first-order chi connectivity index (χ1) is 7.98.